The van der Waals surface area contributed by atoms with Gasteiger partial charge in [0, 0.05) is 0 Å². The summed E-state index contributed by atoms with van der Waals surface area (Å²) >= 11 is 0. The standard InChI is InChI=1S/C20H37F/c1-9-19(21)14-20(7,8)18(6)13-12-17(5)16(4)11-10-15(2)3/h9,14-18H,1,10-13H2,2-8H3/b19-14+. The normalized spacial score (nSPS) is 17.7. The van der Waals surface area contributed by atoms with Crippen molar-refractivity contribution in [2.45, 2.75) is 74.1 Å². The maximum Gasteiger partial charge on any atom is 0.119 e. The predicted octanol–water partition coefficient (Wildman–Crippen LogP) is 7.18. The first-order valence-corrected chi connectivity index (χ1v) is 8.61. The Bertz CT molecular complexity index is 325. The quantitative estimate of drug-likeness (QED) is 0.375. The van der Waals surface area contributed by atoms with Gasteiger partial charge in [0.25, 0.3) is 0 Å². The summed E-state index contributed by atoms with van der Waals surface area (Å²) in [6, 6.07) is 0. The Hall–Kier alpha value is -0.590. The number of allylic oxidation sites excluding steroid dienone is 3. The van der Waals surface area contributed by atoms with E-state index in [1.807, 2.05) is 0 Å². The lowest BCUT2D eigenvalue weighted by atomic mass is 9.75. The zero-order valence-electron chi connectivity index (χ0n) is 15.4. The molecule has 0 spiro atoms. The largest absolute Gasteiger partial charge is 0.207 e. The molecule has 1 heteroatoms. The molecule has 0 saturated heterocycles. The lowest BCUT2D eigenvalue weighted by Crippen LogP contribution is -2.21. The molecule has 0 radical (unpaired) electrons. The monoisotopic (exact) mass is 296 g/mol. The molecule has 0 aromatic carbocycles. The Morgan fingerprint density at radius 1 is 0.952 bits per heavy atom. The van der Waals surface area contributed by atoms with Crippen LogP contribution in [-0.2, 0) is 0 Å². The van der Waals surface area contributed by atoms with Crippen LogP contribution < -0.4 is 0 Å². The van der Waals surface area contributed by atoms with Crippen molar-refractivity contribution in [3.8, 4) is 0 Å². The van der Waals surface area contributed by atoms with E-state index in [0.717, 1.165) is 24.2 Å². The molecule has 0 N–H and O–H groups in total. The van der Waals surface area contributed by atoms with Crippen LogP contribution in [0.2, 0.25) is 0 Å². The van der Waals surface area contributed by atoms with Crippen molar-refractivity contribution >= 4 is 0 Å². The predicted molar refractivity (Wildman–Crippen MR) is 94.0 cm³/mol. The van der Waals surface area contributed by atoms with Crippen LogP contribution in [0.15, 0.2) is 24.6 Å². The molecular weight excluding hydrogens is 259 g/mol. The van der Waals surface area contributed by atoms with Crippen molar-refractivity contribution in [2.24, 2.45) is 29.1 Å². The van der Waals surface area contributed by atoms with Crippen LogP contribution in [-0.4, -0.2) is 0 Å². The Labute approximate surface area is 132 Å². The van der Waals surface area contributed by atoms with E-state index < -0.39 is 0 Å². The third-order valence-electron chi connectivity index (χ3n) is 5.20. The zero-order chi connectivity index (χ0) is 16.6. The van der Waals surface area contributed by atoms with Gasteiger partial charge in [0.2, 0.25) is 0 Å². The van der Waals surface area contributed by atoms with E-state index in [2.05, 4.69) is 55.0 Å². The molecule has 0 aliphatic rings. The van der Waals surface area contributed by atoms with Crippen molar-refractivity contribution in [3.05, 3.63) is 24.6 Å². The highest BCUT2D eigenvalue weighted by atomic mass is 19.1. The Morgan fingerprint density at radius 3 is 1.86 bits per heavy atom. The van der Waals surface area contributed by atoms with Crippen LogP contribution in [0.4, 0.5) is 4.39 Å². The van der Waals surface area contributed by atoms with Gasteiger partial charge in [-0.1, -0.05) is 74.3 Å². The SMILES string of the molecule is C=C/C(F)=C\C(C)(C)C(C)CCC(C)C(C)CCC(C)C. The van der Waals surface area contributed by atoms with Crippen LogP contribution in [0.1, 0.15) is 74.1 Å². The fourth-order valence-corrected chi connectivity index (χ4v) is 2.61. The minimum Gasteiger partial charge on any atom is -0.207 e. The van der Waals surface area contributed by atoms with Gasteiger partial charge in [0.05, 0.1) is 0 Å². The minimum atomic E-state index is -0.204. The van der Waals surface area contributed by atoms with Crippen molar-refractivity contribution in [1.29, 1.82) is 0 Å². The fourth-order valence-electron chi connectivity index (χ4n) is 2.61. The number of hydrogen-bond acceptors (Lipinski definition) is 0. The summed E-state index contributed by atoms with van der Waals surface area (Å²) in [5.41, 5.74) is -0.112. The highest BCUT2D eigenvalue weighted by Gasteiger charge is 2.25. The van der Waals surface area contributed by atoms with E-state index >= 15 is 0 Å². The fraction of sp³-hybridized carbons (Fsp3) is 0.800. The second kappa shape index (κ2) is 9.43. The van der Waals surface area contributed by atoms with Gasteiger partial charge in [0.15, 0.2) is 0 Å². The summed E-state index contributed by atoms with van der Waals surface area (Å²) in [7, 11) is 0. The van der Waals surface area contributed by atoms with Crippen LogP contribution >= 0.6 is 0 Å². The number of halogens is 1. The first kappa shape index (κ1) is 20.4. The molecule has 124 valence electrons. The smallest absolute Gasteiger partial charge is 0.119 e. The maximum absolute atomic E-state index is 13.4. The molecule has 21 heavy (non-hydrogen) atoms. The molecule has 0 aliphatic heterocycles. The van der Waals surface area contributed by atoms with Crippen LogP contribution in [0, 0.1) is 29.1 Å². The van der Waals surface area contributed by atoms with Crippen LogP contribution in [0.5, 0.6) is 0 Å². The third kappa shape index (κ3) is 8.44. The molecule has 3 atom stereocenters. The van der Waals surface area contributed by atoms with Crippen molar-refractivity contribution < 1.29 is 4.39 Å². The molecule has 0 rings (SSSR count). The second-order valence-electron chi connectivity index (χ2n) is 7.96. The van der Waals surface area contributed by atoms with Gasteiger partial charge >= 0.3 is 0 Å². The van der Waals surface area contributed by atoms with Crippen molar-refractivity contribution in [1.82, 2.24) is 0 Å². The van der Waals surface area contributed by atoms with E-state index in [4.69, 9.17) is 0 Å². The Morgan fingerprint density at radius 2 is 1.43 bits per heavy atom. The van der Waals surface area contributed by atoms with Crippen LogP contribution in [0.3, 0.4) is 0 Å². The van der Waals surface area contributed by atoms with E-state index in [1.165, 1.54) is 25.3 Å². The molecule has 0 nitrogen and oxygen atoms in total. The van der Waals surface area contributed by atoms with Gasteiger partial charge in [0.1, 0.15) is 5.83 Å². The topological polar surface area (TPSA) is 0 Å². The third-order valence-corrected chi connectivity index (χ3v) is 5.20. The summed E-state index contributed by atoms with van der Waals surface area (Å²) in [5, 5.41) is 0. The molecule has 0 amide bonds. The molecule has 0 aliphatic carbocycles. The van der Waals surface area contributed by atoms with E-state index in [-0.39, 0.29) is 11.2 Å². The summed E-state index contributed by atoms with van der Waals surface area (Å²) in [6.07, 6.45) is 8.04. The molecule has 0 aromatic heterocycles. The van der Waals surface area contributed by atoms with Gasteiger partial charge in [-0.3, -0.25) is 0 Å². The molecular formula is C20H37F. The second-order valence-corrected chi connectivity index (χ2v) is 7.96. The number of rotatable bonds is 10. The first-order valence-electron chi connectivity index (χ1n) is 8.61. The first-order chi connectivity index (χ1) is 9.60. The van der Waals surface area contributed by atoms with E-state index in [0.29, 0.717) is 5.92 Å². The average molecular weight is 297 g/mol. The van der Waals surface area contributed by atoms with Gasteiger partial charge in [-0.25, -0.2) is 4.39 Å². The summed E-state index contributed by atoms with van der Waals surface area (Å²) in [4.78, 5) is 0. The summed E-state index contributed by atoms with van der Waals surface area (Å²) in [6.45, 7) is 19.3. The highest BCUT2D eigenvalue weighted by Crippen LogP contribution is 2.35. The van der Waals surface area contributed by atoms with Crippen LogP contribution in [0.25, 0.3) is 0 Å². The molecule has 0 bridgehead atoms. The van der Waals surface area contributed by atoms with E-state index in [1.54, 1.807) is 6.08 Å². The molecule has 0 saturated carbocycles. The zero-order valence-corrected chi connectivity index (χ0v) is 15.4. The Balaban J connectivity index is 4.34. The van der Waals surface area contributed by atoms with Crippen molar-refractivity contribution in [3.63, 3.8) is 0 Å². The number of hydrogen-bond donors (Lipinski definition) is 0. The summed E-state index contributed by atoms with van der Waals surface area (Å²) in [5.74, 6) is 2.59. The molecule has 3 unspecified atom stereocenters. The lowest BCUT2D eigenvalue weighted by Gasteiger charge is -2.30. The Kier molecular flexibility index (Phi) is 9.17. The van der Waals surface area contributed by atoms with Gasteiger partial charge in [-0.05, 0) is 47.7 Å². The lowest BCUT2D eigenvalue weighted by molar-refractivity contribution is 0.239. The maximum atomic E-state index is 13.4. The van der Waals surface area contributed by atoms with Gasteiger partial charge in [-0.2, -0.15) is 0 Å². The summed E-state index contributed by atoms with van der Waals surface area (Å²) < 4.78 is 13.4. The van der Waals surface area contributed by atoms with Gasteiger partial charge < -0.3 is 0 Å². The van der Waals surface area contributed by atoms with Gasteiger partial charge in [-0.15, -0.1) is 0 Å². The van der Waals surface area contributed by atoms with Crippen molar-refractivity contribution in [2.75, 3.05) is 0 Å². The average Bonchev–Trinajstić information content (AvgIpc) is 2.40. The molecule has 0 heterocycles. The van der Waals surface area contributed by atoms with E-state index in [9.17, 15) is 4.39 Å². The highest BCUT2D eigenvalue weighted by molar-refractivity contribution is 5.12. The molecule has 0 fully saturated rings. The molecule has 0 aromatic rings. The minimum absolute atomic E-state index is 0.112.